The molecule has 0 aliphatic rings. The van der Waals surface area contributed by atoms with Crippen molar-refractivity contribution < 1.29 is 28.2 Å². The van der Waals surface area contributed by atoms with Gasteiger partial charge in [0, 0.05) is 5.53 Å². The number of quaternary nitrogens is 2. The maximum atomic E-state index is 11.5. The van der Waals surface area contributed by atoms with Crippen molar-refractivity contribution in [3.63, 3.8) is 0 Å². The summed E-state index contributed by atoms with van der Waals surface area (Å²) in [7, 11) is 5.73. The Balaban J connectivity index is 5.43. The molecule has 0 aromatic rings. The smallest absolute Gasteiger partial charge is 0.364 e. The molecule has 0 rings (SSSR count). The molecule has 0 spiro atoms. The fraction of sp³-hybridized carbons (Fsp3) is 0.600. The zero-order valence-electron chi connectivity index (χ0n) is 12.2. The Morgan fingerprint density at radius 1 is 0.952 bits per heavy atom. The Kier molecular flexibility index (Phi) is 8.24. The molecule has 21 heavy (non-hydrogen) atoms. The number of thiocarbonyl (C=S) groups is 2. The molecule has 0 aliphatic carbocycles. The normalized spacial score (nSPS) is 16.3. The van der Waals surface area contributed by atoms with Gasteiger partial charge in [-0.2, -0.15) is 0 Å². The standard InChI is InChI=1S/C10H17N3O4S4/c1-12(9(18)19,5-7(14)16-3)11-13(2,10(20)21)6-8(15)17-4/h11H,5-6H2,1-4H3/p+2. The third kappa shape index (κ3) is 6.14. The molecule has 0 amide bonds. The van der Waals surface area contributed by atoms with E-state index >= 15 is 0 Å². The first-order chi connectivity index (χ1) is 9.50. The number of carbonyl (C=O) groups is 2. The van der Waals surface area contributed by atoms with E-state index in [1.807, 2.05) is 0 Å². The van der Waals surface area contributed by atoms with Gasteiger partial charge in [-0.1, -0.05) is 25.3 Å². The molecule has 7 nitrogen and oxygen atoms in total. The van der Waals surface area contributed by atoms with E-state index in [2.05, 4.69) is 40.3 Å². The summed E-state index contributed by atoms with van der Waals surface area (Å²) in [5.74, 6) is -1.01. The number of methoxy groups -OCH3 is 2. The average molecular weight is 374 g/mol. The molecule has 0 fully saturated rings. The van der Waals surface area contributed by atoms with E-state index < -0.39 is 11.9 Å². The first-order valence-corrected chi connectivity index (χ1v) is 7.33. The Labute approximate surface area is 145 Å². The number of rotatable bonds is 6. The minimum Gasteiger partial charge on any atom is -0.465 e. The van der Waals surface area contributed by atoms with Crippen molar-refractivity contribution in [1.82, 2.24) is 5.53 Å². The fourth-order valence-electron chi connectivity index (χ4n) is 1.42. The van der Waals surface area contributed by atoms with Gasteiger partial charge in [0.1, 0.15) is 0 Å². The second-order valence-corrected chi connectivity index (χ2v) is 6.74. The Morgan fingerprint density at radius 3 is 1.43 bits per heavy atom. The first-order valence-electron chi connectivity index (χ1n) is 5.62. The van der Waals surface area contributed by atoms with Crippen LogP contribution in [0.15, 0.2) is 0 Å². The second kappa shape index (κ2) is 8.36. The Hall–Kier alpha value is -0.300. The number of nitrogens with zero attached hydrogens (tertiary/aromatic N) is 2. The van der Waals surface area contributed by atoms with Gasteiger partial charge in [0.05, 0.1) is 28.3 Å². The van der Waals surface area contributed by atoms with Crippen LogP contribution in [0, 0.1) is 0 Å². The van der Waals surface area contributed by atoms with Crippen LogP contribution in [0.25, 0.3) is 0 Å². The van der Waals surface area contributed by atoms with Crippen LogP contribution in [0.4, 0.5) is 0 Å². The summed E-state index contributed by atoms with van der Waals surface area (Å²) in [4.78, 5) is 23.1. The van der Waals surface area contributed by atoms with Crippen molar-refractivity contribution in [2.75, 3.05) is 41.4 Å². The predicted octanol–water partition coefficient (Wildman–Crippen LogP) is 0.0746. The van der Waals surface area contributed by atoms with Crippen LogP contribution in [0.5, 0.6) is 0 Å². The van der Waals surface area contributed by atoms with Gasteiger partial charge in [-0.25, -0.2) is 9.59 Å². The minimum atomic E-state index is -0.504. The average Bonchev–Trinajstić information content (AvgIpc) is 2.37. The lowest BCUT2D eigenvalue weighted by molar-refractivity contribution is -1.06. The van der Waals surface area contributed by atoms with Crippen LogP contribution >= 0.6 is 49.7 Å². The van der Waals surface area contributed by atoms with Crippen LogP contribution in [-0.4, -0.2) is 71.2 Å². The summed E-state index contributed by atoms with van der Waals surface area (Å²) in [5.41, 5.74) is 2.97. The number of hydrogen-bond acceptors (Lipinski definition) is 7. The van der Waals surface area contributed by atoms with Crippen molar-refractivity contribution in [3.05, 3.63) is 0 Å². The van der Waals surface area contributed by atoms with Crippen molar-refractivity contribution in [3.8, 4) is 0 Å². The molecule has 2 unspecified atom stereocenters. The summed E-state index contributed by atoms with van der Waals surface area (Å²) < 4.78 is 9.04. The lowest BCUT2D eigenvalue weighted by Crippen LogP contribution is -2.73. The second-order valence-electron chi connectivity index (χ2n) is 4.52. The summed E-state index contributed by atoms with van der Waals surface area (Å²) in [6.07, 6.45) is 0. The topological polar surface area (TPSA) is 64.6 Å². The molecular formula is C10H19N3O4S4+2. The number of likely N-dealkylation sites (N-methyl/N-ethyl adjacent to an activating group) is 2. The number of thiol groups is 2. The van der Waals surface area contributed by atoms with Gasteiger partial charge in [-0.05, 0) is 24.4 Å². The first kappa shape index (κ1) is 20.7. The molecule has 11 heteroatoms. The molecule has 120 valence electrons. The van der Waals surface area contributed by atoms with Gasteiger partial charge in [-0.3, -0.25) is 0 Å². The summed E-state index contributed by atoms with van der Waals surface area (Å²) in [6, 6.07) is 0. The van der Waals surface area contributed by atoms with E-state index in [-0.39, 0.29) is 30.9 Å². The van der Waals surface area contributed by atoms with Crippen molar-refractivity contribution >= 4 is 70.3 Å². The lowest BCUT2D eigenvalue weighted by Gasteiger charge is -2.38. The molecule has 0 saturated heterocycles. The van der Waals surface area contributed by atoms with Crippen molar-refractivity contribution in [2.45, 2.75) is 0 Å². The van der Waals surface area contributed by atoms with Crippen molar-refractivity contribution in [1.29, 1.82) is 0 Å². The molecule has 0 aromatic heterocycles. The molecule has 0 saturated carbocycles. The van der Waals surface area contributed by atoms with E-state index in [0.29, 0.717) is 0 Å². The molecular weight excluding hydrogens is 354 g/mol. The zero-order chi connectivity index (χ0) is 16.8. The van der Waals surface area contributed by atoms with Crippen LogP contribution in [0.1, 0.15) is 0 Å². The van der Waals surface area contributed by atoms with Crippen LogP contribution in [-0.2, 0) is 19.1 Å². The number of ether oxygens (including phenoxy) is 2. The van der Waals surface area contributed by atoms with E-state index in [0.717, 1.165) is 0 Å². The molecule has 0 radical (unpaired) electrons. The largest absolute Gasteiger partial charge is 0.465 e. The van der Waals surface area contributed by atoms with E-state index in [1.165, 1.54) is 14.2 Å². The maximum Gasteiger partial charge on any atom is 0.364 e. The van der Waals surface area contributed by atoms with Gasteiger partial charge in [0.15, 0.2) is 0 Å². The number of nitrogens with one attached hydrogen (secondary N) is 1. The number of hydrogen-bond donors (Lipinski definition) is 3. The number of carbonyl (C=O) groups excluding carboxylic acids is 2. The zero-order valence-corrected chi connectivity index (χ0v) is 15.6. The Bertz CT molecular complexity index is 422. The lowest BCUT2D eigenvalue weighted by atomic mass is 10.5. The Morgan fingerprint density at radius 2 is 1.24 bits per heavy atom. The monoisotopic (exact) mass is 373 g/mol. The van der Waals surface area contributed by atoms with Crippen LogP contribution < -0.4 is 5.53 Å². The quantitative estimate of drug-likeness (QED) is 0.200. The van der Waals surface area contributed by atoms with E-state index in [9.17, 15) is 9.59 Å². The number of esters is 2. The third-order valence-electron chi connectivity index (χ3n) is 2.63. The summed E-state index contributed by atoms with van der Waals surface area (Å²) in [5, 5.41) is 0. The molecule has 0 heterocycles. The van der Waals surface area contributed by atoms with Crippen molar-refractivity contribution in [2.24, 2.45) is 0 Å². The summed E-state index contributed by atoms with van der Waals surface area (Å²) >= 11 is 18.4. The fourth-order valence-corrected chi connectivity index (χ4v) is 1.87. The van der Waals surface area contributed by atoms with E-state index in [1.54, 1.807) is 14.1 Å². The maximum absolute atomic E-state index is 11.5. The van der Waals surface area contributed by atoms with Gasteiger partial charge in [0.25, 0.3) is 8.64 Å². The summed E-state index contributed by atoms with van der Waals surface area (Å²) in [6.45, 7) is -0.269. The minimum absolute atomic E-state index is 0.135. The highest BCUT2D eigenvalue weighted by atomic mass is 32.1. The van der Waals surface area contributed by atoms with Crippen LogP contribution in [0.3, 0.4) is 0 Å². The molecule has 0 aromatic carbocycles. The van der Waals surface area contributed by atoms with Gasteiger partial charge in [-0.15, -0.1) is 9.18 Å². The predicted molar refractivity (Wildman–Crippen MR) is 92.4 cm³/mol. The van der Waals surface area contributed by atoms with Gasteiger partial charge >= 0.3 is 11.9 Å². The highest BCUT2D eigenvalue weighted by Gasteiger charge is 2.43. The molecule has 2 atom stereocenters. The highest BCUT2D eigenvalue weighted by molar-refractivity contribution is 8.10. The van der Waals surface area contributed by atoms with Gasteiger partial charge < -0.3 is 9.47 Å². The highest BCUT2D eigenvalue weighted by Crippen LogP contribution is 2.13. The SMILES string of the molecule is COC(=O)C[N+](C)(N[N+](C)(CC(=O)OC)C(=S)S)C(=S)S. The third-order valence-corrected chi connectivity index (χ3v) is 4.32. The molecule has 0 aliphatic heterocycles. The van der Waals surface area contributed by atoms with Crippen LogP contribution in [0.2, 0.25) is 0 Å². The van der Waals surface area contributed by atoms with E-state index in [4.69, 9.17) is 24.4 Å². The van der Waals surface area contributed by atoms with Gasteiger partial charge in [0.2, 0.25) is 13.1 Å². The molecule has 0 bridgehead atoms. The molecule has 1 N–H and O–H groups in total.